The third kappa shape index (κ3) is 3.03. The minimum absolute atomic E-state index is 0.0183. The zero-order valence-corrected chi connectivity index (χ0v) is 16.2. The fourth-order valence-corrected chi connectivity index (χ4v) is 5.23. The van der Waals surface area contributed by atoms with Crippen LogP contribution in [0.5, 0.6) is 0 Å². The predicted molar refractivity (Wildman–Crippen MR) is 96.4 cm³/mol. The molecule has 4 heterocycles. The van der Waals surface area contributed by atoms with Crippen molar-refractivity contribution >= 4 is 12.1 Å². The van der Waals surface area contributed by atoms with E-state index in [1.807, 2.05) is 23.9 Å². The molecule has 0 bridgehead atoms. The van der Waals surface area contributed by atoms with Crippen LogP contribution in [0.1, 0.15) is 38.5 Å². The number of piperidine rings is 2. The van der Waals surface area contributed by atoms with E-state index >= 15 is 0 Å². The second-order valence-electron chi connectivity index (χ2n) is 8.49. The molecule has 4 aliphatic rings. The molecule has 8 heteroatoms. The zero-order valence-electron chi connectivity index (χ0n) is 16.2. The predicted octanol–water partition coefficient (Wildman–Crippen LogP) is -1.57. The van der Waals surface area contributed by atoms with E-state index in [4.69, 9.17) is 0 Å². The molecule has 146 valence electrons. The van der Waals surface area contributed by atoms with Crippen molar-refractivity contribution < 1.29 is 19.4 Å². The van der Waals surface area contributed by atoms with Gasteiger partial charge in [-0.05, 0) is 38.5 Å². The smallest absolute Gasteiger partial charge is 0.318 e. The third-order valence-electron chi connectivity index (χ3n) is 6.70. The Bertz CT molecular complexity index is 502. The summed E-state index contributed by atoms with van der Waals surface area (Å²) < 4.78 is 0. The van der Waals surface area contributed by atoms with Crippen LogP contribution < -0.4 is 9.80 Å². The number of carbonyl (C=O) groups excluding carboxylic acids is 2. The second-order valence-corrected chi connectivity index (χ2v) is 8.49. The summed E-state index contributed by atoms with van der Waals surface area (Å²) >= 11 is 0. The van der Waals surface area contributed by atoms with E-state index in [2.05, 4.69) is 0 Å². The Morgan fingerprint density at radius 3 is 1.46 bits per heavy atom. The number of quaternary nitrogens is 2. The highest BCUT2D eigenvalue weighted by Crippen LogP contribution is 2.31. The number of amides is 4. The number of fused-ring (bicyclic) bond motifs is 1. The maximum atomic E-state index is 13.3. The Kier molecular flexibility index (Phi) is 4.96. The highest BCUT2D eigenvalue weighted by atomic mass is 16.2. The minimum Gasteiger partial charge on any atom is -0.318 e. The van der Waals surface area contributed by atoms with E-state index in [0.29, 0.717) is 0 Å². The maximum Gasteiger partial charge on any atom is 0.332 e. The summed E-state index contributed by atoms with van der Waals surface area (Å²) in [5, 5.41) is 0. The molecule has 4 rings (SSSR count). The van der Waals surface area contributed by atoms with E-state index in [1.165, 1.54) is 48.3 Å². The number of carbonyl (C=O) groups is 2. The Morgan fingerprint density at radius 1 is 0.692 bits per heavy atom. The average molecular weight is 367 g/mol. The largest absolute Gasteiger partial charge is 0.332 e. The van der Waals surface area contributed by atoms with Crippen LogP contribution in [0.3, 0.4) is 0 Å². The lowest BCUT2D eigenvalue weighted by Gasteiger charge is -2.32. The average Bonchev–Trinajstić information content (AvgIpc) is 3.05. The summed E-state index contributed by atoms with van der Waals surface area (Å²) in [5.74, 6) is 0. The number of nitrogens with zero attached hydrogens (tertiary/aromatic N) is 4. The molecule has 0 unspecified atom stereocenters. The molecule has 0 saturated carbocycles. The van der Waals surface area contributed by atoms with Crippen LogP contribution in [-0.4, -0.2) is 97.6 Å². The standard InChI is InChI=1S/C18H32N6O2/c1-19-15-16(20(2)17(19)25)24(14-22-11-7-4-8-12-22)18(26)23(15)13-21-9-5-3-6-10-21/h15-16H,3-14H2,1-2H3/p+2/t15-,16-/m1/s1. The van der Waals surface area contributed by atoms with Gasteiger partial charge in [0.25, 0.3) is 0 Å². The second kappa shape index (κ2) is 7.23. The van der Waals surface area contributed by atoms with Gasteiger partial charge in [-0.3, -0.25) is 9.80 Å². The molecule has 26 heavy (non-hydrogen) atoms. The Labute approximate surface area is 156 Å². The van der Waals surface area contributed by atoms with Crippen LogP contribution in [0.25, 0.3) is 0 Å². The van der Waals surface area contributed by atoms with Gasteiger partial charge in [0.1, 0.15) is 0 Å². The van der Waals surface area contributed by atoms with Gasteiger partial charge in [0.15, 0.2) is 25.7 Å². The van der Waals surface area contributed by atoms with Crippen molar-refractivity contribution in [1.82, 2.24) is 19.6 Å². The van der Waals surface area contributed by atoms with E-state index in [9.17, 15) is 9.59 Å². The molecule has 4 fully saturated rings. The summed E-state index contributed by atoms with van der Waals surface area (Å²) in [6.45, 7) is 5.96. The molecule has 4 saturated heterocycles. The van der Waals surface area contributed by atoms with E-state index in [-0.39, 0.29) is 24.4 Å². The summed E-state index contributed by atoms with van der Waals surface area (Å²) in [4.78, 5) is 36.3. The van der Waals surface area contributed by atoms with Gasteiger partial charge < -0.3 is 19.6 Å². The molecule has 4 amide bonds. The normalized spacial score (nSPS) is 31.3. The van der Waals surface area contributed by atoms with Gasteiger partial charge in [-0.2, -0.15) is 0 Å². The van der Waals surface area contributed by atoms with Crippen LogP contribution in [-0.2, 0) is 0 Å². The number of nitrogens with one attached hydrogen (secondary N) is 2. The van der Waals surface area contributed by atoms with Crippen LogP contribution in [0.15, 0.2) is 0 Å². The van der Waals surface area contributed by atoms with Gasteiger partial charge in [0, 0.05) is 14.1 Å². The first-order valence-corrected chi connectivity index (χ1v) is 10.3. The molecule has 0 aromatic heterocycles. The van der Waals surface area contributed by atoms with Crippen molar-refractivity contribution in [3.63, 3.8) is 0 Å². The number of hydrogen-bond donors (Lipinski definition) is 2. The Morgan fingerprint density at radius 2 is 1.08 bits per heavy atom. The maximum absolute atomic E-state index is 13.3. The summed E-state index contributed by atoms with van der Waals surface area (Å²) in [7, 11) is 3.68. The Hall–Kier alpha value is -1.54. The van der Waals surface area contributed by atoms with Crippen LogP contribution in [0.4, 0.5) is 9.59 Å². The quantitative estimate of drug-likeness (QED) is 0.631. The van der Waals surface area contributed by atoms with Gasteiger partial charge in [-0.15, -0.1) is 0 Å². The van der Waals surface area contributed by atoms with Gasteiger partial charge in [-0.1, -0.05) is 0 Å². The highest BCUT2D eigenvalue weighted by Gasteiger charge is 2.58. The molecule has 0 aliphatic carbocycles. The van der Waals surface area contributed by atoms with E-state index in [1.54, 1.807) is 9.80 Å². The molecule has 0 radical (unpaired) electrons. The SMILES string of the molecule is CN1C(=O)N(C)[C@H]2[C@H]1N(C[NH+]1CCCCC1)C(=O)N2C[NH+]1CCCCC1. The summed E-state index contributed by atoms with van der Waals surface area (Å²) in [6.07, 6.45) is 7.24. The van der Waals surface area contributed by atoms with Crippen molar-refractivity contribution in [2.75, 3.05) is 53.6 Å². The lowest BCUT2D eigenvalue weighted by atomic mass is 10.1. The van der Waals surface area contributed by atoms with Gasteiger partial charge in [0.05, 0.1) is 26.2 Å². The summed E-state index contributed by atoms with van der Waals surface area (Å²) in [6, 6.07) is 0.132. The number of likely N-dealkylation sites (tertiary alicyclic amines) is 2. The highest BCUT2D eigenvalue weighted by molar-refractivity contribution is 5.84. The lowest BCUT2D eigenvalue weighted by Crippen LogP contribution is -3.15. The third-order valence-corrected chi connectivity index (χ3v) is 6.70. The van der Waals surface area contributed by atoms with Crippen molar-refractivity contribution in [2.24, 2.45) is 0 Å². The first-order chi connectivity index (χ1) is 12.6. The monoisotopic (exact) mass is 366 g/mol. The number of urea groups is 2. The Balaban J connectivity index is 1.53. The van der Waals surface area contributed by atoms with Gasteiger partial charge in [-0.25, -0.2) is 9.59 Å². The molecular weight excluding hydrogens is 332 g/mol. The molecular formula is C18H34N6O2+2. The number of hydrogen-bond acceptors (Lipinski definition) is 2. The van der Waals surface area contributed by atoms with E-state index < -0.39 is 0 Å². The first kappa shape index (κ1) is 17.9. The fraction of sp³-hybridized carbons (Fsp3) is 0.889. The first-order valence-electron chi connectivity index (χ1n) is 10.3. The van der Waals surface area contributed by atoms with Crippen LogP contribution in [0, 0.1) is 0 Å². The number of likely N-dealkylation sites (N-methyl/N-ethyl adjacent to an activating group) is 2. The van der Waals surface area contributed by atoms with Crippen molar-refractivity contribution in [1.29, 1.82) is 0 Å². The molecule has 0 aromatic carbocycles. The topological polar surface area (TPSA) is 56.0 Å². The molecule has 8 nitrogen and oxygen atoms in total. The molecule has 2 N–H and O–H groups in total. The zero-order chi connectivity index (χ0) is 18.3. The molecule has 0 spiro atoms. The fourth-order valence-electron chi connectivity index (χ4n) is 5.23. The molecule has 4 aliphatic heterocycles. The van der Waals surface area contributed by atoms with Gasteiger partial charge >= 0.3 is 12.1 Å². The van der Waals surface area contributed by atoms with Gasteiger partial charge in [0.2, 0.25) is 0 Å². The summed E-state index contributed by atoms with van der Waals surface area (Å²) in [5.41, 5.74) is 0. The van der Waals surface area contributed by atoms with Crippen molar-refractivity contribution in [3.8, 4) is 0 Å². The lowest BCUT2D eigenvalue weighted by molar-refractivity contribution is -0.915. The molecule has 2 atom stereocenters. The minimum atomic E-state index is -0.154. The van der Waals surface area contributed by atoms with Crippen molar-refractivity contribution in [3.05, 3.63) is 0 Å². The van der Waals surface area contributed by atoms with Crippen LogP contribution in [0.2, 0.25) is 0 Å². The van der Waals surface area contributed by atoms with Crippen molar-refractivity contribution in [2.45, 2.75) is 50.9 Å². The molecule has 0 aromatic rings. The number of rotatable bonds is 4. The van der Waals surface area contributed by atoms with E-state index in [0.717, 1.165) is 39.5 Å². The van der Waals surface area contributed by atoms with Crippen LogP contribution >= 0.6 is 0 Å².